The molecule has 0 amide bonds. The molecule has 11 rings (SSSR count). The summed E-state index contributed by atoms with van der Waals surface area (Å²) in [4.78, 5) is 15.3. The van der Waals surface area contributed by atoms with Gasteiger partial charge in [0.25, 0.3) is 0 Å². The SMILES string of the molecule is c1ccc(-c2ccc(-c3nc(-c4ccccc4)nc(-c4cccc5oc6c(-c7cccc8c7sc7ccc(-c9ccccc9)cc78)cccc6c45)n3)cc2)cc1. The van der Waals surface area contributed by atoms with E-state index in [0.717, 1.165) is 55.3 Å². The van der Waals surface area contributed by atoms with Crippen LogP contribution < -0.4 is 0 Å². The second-order valence-corrected chi connectivity index (χ2v) is 15.0. The first-order chi connectivity index (χ1) is 27.7. The van der Waals surface area contributed by atoms with Crippen LogP contribution in [0.4, 0.5) is 0 Å². The van der Waals surface area contributed by atoms with E-state index in [1.165, 1.54) is 36.9 Å². The number of nitrogens with zero attached hydrogens (tertiary/aromatic N) is 3. The van der Waals surface area contributed by atoms with E-state index in [-0.39, 0.29) is 0 Å². The van der Waals surface area contributed by atoms with E-state index >= 15 is 0 Å². The molecule has 0 fully saturated rings. The molecule has 5 heteroatoms. The molecule has 0 N–H and O–H groups in total. The van der Waals surface area contributed by atoms with Crippen LogP contribution in [0.1, 0.15) is 0 Å². The van der Waals surface area contributed by atoms with Gasteiger partial charge in [0.1, 0.15) is 11.2 Å². The number of hydrogen-bond donors (Lipinski definition) is 0. The molecule has 3 heterocycles. The molecule has 0 aliphatic carbocycles. The predicted octanol–water partition coefficient (Wildman–Crippen LogP) is 14.1. The van der Waals surface area contributed by atoms with Crippen LogP contribution >= 0.6 is 11.3 Å². The highest BCUT2D eigenvalue weighted by Crippen LogP contribution is 2.45. The van der Waals surface area contributed by atoms with Crippen molar-refractivity contribution in [3.63, 3.8) is 0 Å². The van der Waals surface area contributed by atoms with Crippen molar-refractivity contribution in [1.29, 1.82) is 0 Å². The van der Waals surface area contributed by atoms with Crippen LogP contribution in [0.15, 0.2) is 192 Å². The largest absolute Gasteiger partial charge is 0.455 e. The molecule has 0 saturated heterocycles. The second-order valence-electron chi connectivity index (χ2n) is 13.9. The lowest BCUT2D eigenvalue weighted by Gasteiger charge is -2.10. The number of para-hydroxylation sites is 1. The summed E-state index contributed by atoms with van der Waals surface area (Å²) < 4.78 is 9.33. The summed E-state index contributed by atoms with van der Waals surface area (Å²) in [6.45, 7) is 0. The molecule has 4 nitrogen and oxygen atoms in total. The Hall–Kier alpha value is -7.21. The van der Waals surface area contributed by atoms with Crippen molar-refractivity contribution in [3.05, 3.63) is 188 Å². The van der Waals surface area contributed by atoms with Crippen LogP contribution in [0.2, 0.25) is 0 Å². The molecule has 0 bridgehead atoms. The zero-order valence-electron chi connectivity index (χ0n) is 30.1. The first-order valence-electron chi connectivity index (χ1n) is 18.7. The van der Waals surface area contributed by atoms with Crippen LogP contribution in [0, 0.1) is 0 Å². The minimum absolute atomic E-state index is 0.598. The van der Waals surface area contributed by atoms with E-state index in [0.29, 0.717) is 17.5 Å². The molecule has 3 aromatic heterocycles. The highest BCUT2D eigenvalue weighted by Gasteiger charge is 2.21. The number of hydrogen-bond acceptors (Lipinski definition) is 5. The van der Waals surface area contributed by atoms with Crippen LogP contribution in [-0.4, -0.2) is 15.0 Å². The molecular formula is C51H31N3OS. The molecule has 56 heavy (non-hydrogen) atoms. The smallest absolute Gasteiger partial charge is 0.164 e. The van der Waals surface area contributed by atoms with Crippen molar-refractivity contribution in [2.75, 3.05) is 0 Å². The second kappa shape index (κ2) is 13.3. The van der Waals surface area contributed by atoms with E-state index in [4.69, 9.17) is 19.4 Å². The third kappa shape index (κ3) is 5.48. The van der Waals surface area contributed by atoms with Gasteiger partial charge >= 0.3 is 0 Å². The Labute approximate surface area is 327 Å². The number of benzene rings is 8. The number of fused-ring (bicyclic) bond motifs is 6. The summed E-state index contributed by atoms with van der Waals surface area (Å²) >= 11 is 1.83. The van der Waals surface area contributed by atoms with E-state index in [1.54, 1.807) is 0 Å². The molecule has 0 unspecified atom stereocenters. The highest BCUT2D eigenvalue weighted by atomic mass is 32.1. The van der Waals surface area contributed by atoms with Crippen LogP contribution in [0.5, 0.6) is 0 Å². The monoisotopic (exact) mass is 733 g/mol. The van der Waals surface area contributed by atoms with Gasteiger partial charge in [0.15, 0.2) is 17.5 Å². The normalized spacial score (nSPS) is 11.6. The third-order valence-electron chi connectivity index (χ3n) is 10.6. The number of furan rings is 1. The standard InChI is InChI=1S/C51H31N3OS/c1-4-13-32(14-5-1)34-25-27-36(28-26-34)50-52-49(35-17-8-3-9-18-35)53-51(54-50)42-23-12-24-44-46(42)41-22-10-19-38(47(41)55-44)39-20-11-21-40-43-31-37(33-15-6-2-7-16-33)29-30-45(43)56-48(39)40/h1-31H. The van der Waals surface area contributed by atoms with Gasteiger partial charge in [-0.25, -0.2) is 15.0 Å². The molecule has 0 radical (unpaired) electrons. The fourth-order valence-electron chi connectivity index (χ4n) is 7.85. The molecule has 0 spiro atoms. The quantitative estimate of drug-likeness (QED) is 0.171. The Bertz CT molecular complexity index is 3230. The molecule has 0 saturated carbocycles. The Morgan fingerprint density at radius 3 is 1.59 bits per heavy atom. The van der Waals surface area contributed by atoms with Gasteiger partial charge in [-0.1, -0.05) is 170 Å². The van der Waals surface area contributed by atoms with Crippen molar-refractivity contribution in [2.24, 2.45) is 0 Å². The van der Waals surface area contributed by atoms with Crippen molar-refractivity contribution < 1.29 is 4.42 Å². The summed E-state index contributed by atoms with van der Waals surface area (Å²) in [6.07, 6.45) is 0. The maximum absolute atomic E-state index is 6.82. The molecule has 0 aliphatic rings. The summed E-state index contributed by atoms with van der Waals surface area (Å²) in [5.74, 6) is 1.83. The van der Waals surface area contributed by atoms with E-state index in [2.05, 4.69) is 140 Å². The molecule has 11 aromatic rings. The number of aromatic nitrogens is 3. The van der Waals surface area contributed by atoms with Gasteiger partial charge in [-0.05, 0) is 40.5 Å². The summed E-state index contributed by atoms with van der Waals surface area (Å²) in [7, 11) is 0. The fraction of sp³-hybridized carbons (Fsp3) is 0. The molecular weight excluding hydrogens is 703 g/mol. The van der Waals surface area contributed by atoms with E-state index < -0.39 is 0 Å². The zero-order chi connectivity index (χ0) is 37.0. The third-order valence-corrected chi connectivity index (χ3v) is 11.8. The molecule has 262 valence electrons. The van der Waals surface area contributed by atoms with Gasteiger partial charge in [0, 0.05) is 58.8 Å². The van der Waals surface area contributed by atoms with Gasteiger partial charge in [-0.2, -0.15) is 0 Å². The number of thiophene rings is 1. The Morgan fingerprint density at radius 2 is 0.875 bits per heavy atom. The van der Waals surface area contributed by atoms with Crippen LogP contribution in [0.25, 0.3) is 110 Å². The average molecular weight is 734 g/mol. The predicted molar refractivity (Wildman–Crippen MR) is 233 cm³/mol. The van der Waals surface area contributed by atoms with Crippen molar-refractivity contribution in [1.82, 2.24) is 15.0 Å². The lowest BCUT2D eigenvalue weighted by atomic mass is 9.98. The van der Waals surface area contributed by atoms with Crippen LogP contribution in [0.3, 0.4) is 0 Å². The summed E-state index contributed by atoms with van der Waals surface area (Å²) in [6, 6.07) is 65.5. The summed E-state index contributed by atoms with van der Waals surface area (Å²) in [5, 5.41) is 4.52. The Balaban J connectivity index is 1.07. The Kier molecular flexibility index (Phi) is 7.64. The first-order valence-corrected chi connectivity index (χ1v) is 19.5. The van der Waals surface area contributed by atoms with Crippen LogP contribution in [-0.2, 0) is 0 Å². The lowest BCUT2D eigenvalue weighted by molar-refractivity contribution is 0.670. The zero-order valence-corrected chi connectivity index (χ0v) is 30.9. The van der Waals surface area contributed by atoms with Gasteiger partial charge in [0.2, 0.25) is 0 Å². The van der Waals surface area contributed by atoms with E-state index in [9.17, 15) is 0 Å². The lowest BCUT2D eigenvalue weighted by Crippen LogP contribution is -2.00. The minimum atomic E-state index is 0.598. The molecule has 0 atom stereocenters. The van der Waals surface area contributed by atoms with Crippen molar-refractivity contribution in [2.45, 2.75) is 0 Å². The highest BCUT2D eigenvalue weighted by molar-refractivity contribution is 7.26. The van der Waals surface area contributed by atoms with E-state index in [1.807, 2.05) is 59.9 Å². The maximum Gasteiger partial charge on any atom is 0.164 e. The maximum atomic E-state index is 6.82. The first kappa shape index (κ1) is 32.2. The topological polar surface area (TPSA) is 51.8 Å². The van der Waals surface area contributed by atoms with Crippen molar-refractivity contribution in [3.8, 4) is 67.5 Å². The molecule has 8 aromatic carbocycles. The minimum Gasteiger partial charge on any atom is -0.455 e. The van der Waals surface area contributed by atoms with Crippen molar-refractivity contribution >= 4 is 53.4 Å². The molecule has 0 aliphatic heterocycles. The van der Waals surface area contributed by atoms with Gasteiger partial charge < -0.3 is 4.42 Å². The van der Waals surface area contributed by atoms with Gasteiger partial charge in [-0.3, -0.25) is 0 Å². The number of rotatable bonds is 6. The average Bonchev–Trinajstić information content (AvgIpc) is 3.86. The van der Waals surface area contributed by atoms with Gasteiger partial charge in [-0.15, -0.1) is 11.3 Å². The summed E-state index contributed by atoms with van der Waals surface area (Å²) in [5.41, 5.74) is 11.3. The Morgan fingerprint density at radius 1 is 0.357 bits per heavy atom. The van der Waals surface area contributed by atoms with Gasteiger partial charge in [0.05, 0.1) is 0 Å². The fourth-order valence-corrected chi connectivity index (χ4v) is 9.06.